The summed E-state index contributed by atoms with van der Waals surface area (Å²) in [6, 6.07) is 12.3. The summed E-state index contributed by atoms with van der Waals surface area (Å²) in [5, 5.41) is 0.509. The van der Waals surface area contributed by atoms with Gasteiger partial charge in [-0.05, 0) is 36.6 Å². The quantitative estimate of drug-likeness (QED) is 0.867. The lowest BCUT2D eigenvalue weighted by Crippen LogP contribution is -2.35. The minimum atomic E-state index is -4.36. The van der Waals surface area contributed by atoms with Gasteiger partial charge in [0.1, 0.15) is 0 Å². The average molecular weight is 314 g/mol. The fourth-order valence-electron chi connectivity index (χ4n) is 2.30. The van der Waals surface area contributed by atoms with Crippen LogP contribution in [0.25, 0.3) is 0 Å². The molecule has 0 aliphatic carbocycles. The molecule has 2 N–H and O–H groups in total. The fourth-order valence-corrected chi connectivity index (χ4v) is 2.65. The number of nitrogens with two attached hydrogens (primary N) is 1. The van der Waals surface area contributed by atoms with Crippen LogP contribution in [0.5, 0.6) is 0 Å². The second kappa shape index (κ2) is 5.70. The van der Waals surface area contributed by atoms with Crippen LogP contribution in [0.2, 0.25) is 5.02 Å². The molecular weight excluding hydrogens is 299 g/mol. The minimum absolute atomic E-state index is 0.265. The van der Waals surface area contributed by atoms with Crippen molar-refractivity contribution in [1.29, 1.82) is 0 Å². The van der Waals surface area contributed by atoms with Gasteiger partial charge in [-0.1, -0.05) is 48.0 Å². The monoisotopic (exact) mass is 313 g/mol. The molecule has 1 unspecified atom stereocenters. The smallest absolute Gasteiger partial charge is 0.321 e. The van der Waals surface area contributed by atoms with E-state index in [1.807, 2.05) is 0 Å². The lowest BCUT2D eigenvalue weighted by atomic mass is 9.86. The summed E-state index contributed by atoms with van der Waals surface area (Å²) < 4.78 is 38.2. The molecule has 0 saturated heterocycles. The highest BCUT2D eigenvalue weighted by atomic mass is 35.5. The Morgan fingerprint density at radius 1 is 1.05 bits per heavy atom. The third-order valence-corrected chi connectivity index (χ3v) is 3.64. The van der Waals surface area contributed by atoms with Crippen LogP contribution in [0.1, 0.15) is 23.6 Å². The van der Waals surface area contributed by atoms with E-state index in [0.29, 0.717) is 16.1 Å². The first-order chi connectivity index (χ1) is 9.70. The van der Waals surface area contributed by atoms with Crippen LogP contribution >= 0.6 is 11.6 Å². The highest BCUT2D eigenvalue weighted by Crippen LogP contribution is 2.32. The Hall–Kier alpha value is -1.52. The molecule has 0 aliphatic rings. The minimum Gasteiger partial charge on any atom is -0.321 e. The number of hydrogen-bond donors (Lipinski definition) is 1. The Labute approximate surface area is 126 Å². The van der Waals surface area contributed by atoms with Crippen molar-refractivity contribution < 1.29 is 13.2 Å². The molecule has 0 amide bonds. The SMILES string of the molecule is CC(N)(Cc1cccc(C(F)(F)F)c1)c1ccccc1Cl. The van der Waals surface area contributed by atoms with Crippen molar-refractivity contribution >= 4 is 11.6 Å². The van der Waals surface area contributed by atoms with E-state index in [-0.39, 0.29) is 6.42 Å². The highest BCUT2D eigenvalue weighted by molar-refractivity contribution is 6.31. The number of alkyl halides is 3. The number of halogens is 4. The van der Waals surface area contributed by atoms with Crippen molar-refractivity contribution in [3.8, 4) is 0 Å². The van der Waals surface area contributed by atoms with Gasteiger partial charge in [-0.25, -0.2) is 0 Å². The fraction of sp³-hybridized carbons (Fsp3) is 0.250. The van der Waals surface area contributed by atoms with Crippen LogP contribution in [-0.2, 0) is 18.1 Å². The molecule has 2 aromatic carbocycles. The third kappa shape index (κ3) is 3.77. The summed E-state index contributed by atoms with van der Waals surface area (Å²) in [6.45, 7) is 1.76. The summed E-state index contributed by atoms with van der Waals surface area (Å²) in [4.78, 5) is 0. The average Bonchev–Trinajstić information content (AvgIpc) is 2.37. The summed E-state index contributed by atoms with van der Waals surface area (Å²) in [5.41, 5.74) is 5.98. The summed E-state index contributed by atoms with van der Waals surface area (Å²) >= 11 is 6.12. The molecule has 2 rings (SSSR count). The van der Waals surface area contributed by atoms with Gasteiger partial charge in [0.25, 0.3) is 0 Å². The number of rotatable bonds is 3. The van der Waals surface area contributed by atoms with Gasteiger partial charge in [0.15, 0.2) is 0 Å². The maximum atomic E-state index is 12.7. The normalized spacial score (nSPS) is 14.8. The van der Waals surface area contributed by atoms with Crippen molar-refractivity contribution in [1.82, 2.24) is 0 Å². The highest BCUT2D eigenvalue weighted by Gasteiger charge is 2.31. The molecule has 0 heterocycles. The lowest BCUT2D eigenvalue weighted by molar-refractivity contribution is -0.137. The Morgan fingerprint density at radius 2 is 1.71 bits per heavy atom. The van der Waals surface area contributed by atoms with Crippen molar-refractivity contribution in [2.24, 2.45) is 5.73 Å². The van der Waals surface area contributed by atoms with E-state index in [9.17, 15) is 13.2 Å². The van der Waals surface area contributed by atoms with Crippen LogP contribution in [-0.4, -0.2) is 0 Å². The molecule has 21 heavy (non-hydrogen) atoms. The number of hydrogen-bond acceptors (Lipinski definition) is 1. The first-order valence-electron chi connectivity index (χ1n) is 6.40. The summed E-state index contributed by atoms with van der Waals surface area (Å²) in [6.07, 6.45) is -4.09. The molecule has 1 nitrogen and oxygen atoms in total. The molecule has 0 saturated carbocycles. The summed E-state index contributed by atoms with van der Waals surface area (Å²) in [7, 11) is 0. The first kappa shape index (κ1) is 15.9. The molecule has 0 fully saturated rings. The van der Waals surface area contributed by atoms with E-state index in [4.69, 9.17) is 17.3 Å². The van der Waals surface area contributed by atoms with Crippen LogP contribution in [0.15, 0.2) is 48.5 Å². The standard InChI is InChI=1S/C16H15ClF3N/c1-15(21,13-7-2-3-8-14(13)17)10-11-5-4-6-12(9-11)16(18,19)20/h2-9H,10,21H2,1H3. The maximum Gasteiger partial charge on any atom is 0.416 e. The molecule has 112 valence electrons. The molecule has 0 bridgehead atoms. The molecule has 0 aliphatic heterocycles. The van der Waals surface area contributed by atoms with Crippen molar-refractivity contribution in [3.05, 3.63) is 70.2 Å². The molecule has 2 aromatic rings. The van der Waals surface area contributed by atoms with Crippen molar-refractivity contribution in [3.63, 3.8) is 0 Å². The van der Waals surface area contributed by atoms with Crippen LogP contribution in [0.4, 0.5) is 13.2 Å². The molecule has 0 spiro atoms. The Balaban J connectivity index is 2.31. The third-order valence-electron chi connectivity index (χ3n) is 3.31. The van der Waals surface area contributed by atoms with Gasteiger partial charge in [0.05, 0.1) is 5.56 Å². The van der Waals surface area contributed by atoms with E-state index in [1.54, 1.807) is 37.3 Å². The van der Waals surface area contributed by atoms with Crippen molar-refractivity contribution in [2.75, 3.05) is 0 Å². The van der Waals surface area contributed by atoms with Gasteiger partial charge in [-0.2, -0.15) is 13.2 Å². The largest absolute Gasteiger partial charge is 0.416 e. The topological polar surface area (TPSA) is 26.0 Å². The predicted octanol–water partition coefficient (Wildman–Crippen LogP) is 4.78. The zero-order valence-corrected chi connectivity index (χ0v) is 12.2. The van der Waals surface area contributed by atoms with Gasteiger partial charge >= 0.3 is 6.18 Å². The Kier molecular flexibility index (Phi) is 4.30. The van der Waals surface area contributed by atoms with Gasteiger partial charge < -0.3 is 5.73 Å². The lowest BCUT2D eigenvalue weighted by Gasteiger charge is -2.26. The van der Waals surface area contributed by atoms with Crippen LogP contribution in [0.3, 0.4) is 0 Å². The van der Waals surface area contributed by atoms with Gasteiger partial charge in [-0.3, -0.25) is 0 Å². The molecule has 0 radical (unpaired) electrons. The predicted molar refractivity (Wildman–Crippen MR) is 78.1 cm³/mol. The van der Waals surface area contributed by atoms with Gasteiger partial charge in [0, 0.05) is 10.6 Å². The first-order valence-corrected chi connectivity index (χ1v) is 6.78. The Morgan fingerprint density at radius 3 is 2.33 bits per heavy atom. The zero-order chi connectivity index (χ0) is 15.7. The van der Waals surface area contributed by atoms with E-state index >= 15 is 0 Å². The van der Waals surface area contributed by atoms with E-state index in [2.05, 4.69) is 0 Å². The molecular formula is C16H15ClF3N. The molecule has 5 heteroatoms. The molecule has 0 aromatic heterocycles. The second-order valence-corrected chi connectivity index (χ2v) is 5.68. The zero-order valence-electron chi connectivity index (χ0n) is 11.4. The maximum absolute atomic E-state index is 12.7. The van der Waals surface area contributed by atoms with Gasteiger partial charge in [0.2, 0.25) is 0 Å². The van der Waals surface area contributed by atoms with Crippen LogP contribution < -0.4 is 5.73 Å². The summed E-state index contributed by atoms with van der Waals surface area (Å²) in [5.74, 6) is 0. The second-order valence-electron chi connectivity index (χ2n) is 5.27. The van der Waals surface area contributed by atoms with Crippen LogP contribution in [0, 0.1) is 0 Å². The Bertz CT molecular complexity index is 635. The number of benzene rings is 2. The van der Waals surface area contributed by atoms with E-state index in [0.717, 1.165) is 12.1 Å². The van der Waals surface area contributed by atoms with Gasteiger partial charge in [-0.15, -0.1) is 0 Å². The van der Waals surface area contributed by atoms with E-state index < -0.39 is 17.3 Å². The van der Waals surface area contributed by atoms with E-state index in [1.165, 1.54) is 6.07 Å². The van der Waals surface area contributed by atoms with Crippen molar-refractivity contribution in [2.45, 2.75) is 25.1 Å². The molecule has 1 atom stereocenters.